The molecule has 4 bridgehead atoms. The van der Waals surface area contributed by atoms with Gasteiger partial charge in [0.05, 0.1) is 29.1 Å². The number of para-hydroxylation sites is 3. The summed E-state index contributed by atoms with van der Waals surface area (Å²) in [4.78, 5) is 10.0. The first-order valence-corrected chi connectivity index (χ1v) is 25.2. The number of hydrogen-bond acceptors (Lipinski definition) is 4. The SMILES string of the molecule is Cc1cc(C)c(-c2cc(Oc3ccc4c5ccccc5n(-c5cc(C6(c7cccc8c7ccc7ccccc78)C7CC8CC(C7)CC6C8)ccn5)c4c3)cc(N3CN(C)c4ccccc43)c2)c(C)c1. The fourth-order valence-corrected chi connectivity index (χ4v) is 14.8. The molecule has 4 fully saturated rings. The van der Waals surface area contributed by atoms with Crippen LogP contribution in [0.25, 0.3) is 60.3 Å². The number of anilines is 3. The lowest BCUT2D eigenvalue weighted by molar-refractivity contribution is -0.0412. The van der Waals surface area contributed by atoms with E-state index in [1.807, 2.05) is 0 Å². The summed E-state index contributed by atoms with van der Waals surface area (Å²) in [7, 11) is 2.17. The Morgan fingerprint density at radius 1 is 0.551 bits per heavy atom. The van der Waals surface area contributed by atoms with Gasteiger partial charge in [0.2, 0.25) is 0 Å². The summed E-state index contributed by atoms with van der Waals surface area (Å²) in [6, 6.07) is 61.3. The van der Waals surface area contributed by atoms with Gasteiger partial charge < -0.3 is 14.5 Å². The predicted molar refractivity (Wildman–Crippen MR) is 286 cm³/mol. The molecule has 0 saturated heterocycles. The van der Waals surface area contributed by atoms with Gasteiger partial charge in [-0.2, -0.15) is 0 Å². The largest absolute Gasteiger partial charge is 0.457 e. The smallest absolute Gasteiger partial charge is 0.137 e. The second-order valence-electron chi connectivity index (χ2n) is 21.1. The molecule has 8 aromatic carbocycles. The summed E-state index contributed by atoms with van der Waals surface area (Å²) >= 11 is 0. The van der Waals surface area contributed by atoms with Crippen LogP contribution in [-0.4, -0.2) is 23.3 Å². The van der Waals surface area contributed by atoms with E-state index < -0.39 is 0 Å². The number of rotatable bonds is 7. The van der Waals surface area contributed by atoms with Gasteiger partial charge in [-0.3, -0.25) is 4.57 Å². The number of nitrogens with zero attached hydrogens (tertiary/aromatic N) is 4. The van der Waals surface area contributed by atoms with Crippen LogP contribution in [0, 0.1) is 44.4 Å². The lowest BCUT2D eigenvalue weighted by Crippen LogP contribution is -2.56. The molecule has 1 aliphatic heterocycles. The maximum atomic E-state index is 7.11. The van der Waals surface area contributed by atoms with Crippen molar-refractivity contribution >= 4 is 60.4 Å². The Morgan fingerprint density at radius 2 is 1.25 bits per heavy atom. The van der Waals surface area contributed by atoms with Crippen LogP contribution in [0.4, 0.5) is 17.1 Å². The molecule has 338 valence electrons. The van der Waals surface area contributed by atoms with E-state index in [1.54, 1.807) is 0 Å². The maximum absolute atomic E-state index is 7.11. The lowest BCUT2D eigenvalue weighted by Gasteiger charge is -2.62. The monoisotopic (exact) mass is 896 g/mol. The molecule has 5 nitrogen and oxygen atoms in total. The van der Waals surface area contributed by atoms with Crippen LogP contribution in [0.5, 0.6) is 11.5 Å². The van der Waals surface area contributed by atoms with Gasteiger partial charge in [-0.1, -0.05) is 103 Å². The Labute approximate surface area is 404 Å². The topological polar surface area (TPSA) is 33.5 Å². The van der Waals surface area contributed by atoms with Gasteiger partial charge in [0, 0.05) is 47.3 Å². The normalized spacial score (nSPS) is 21.6. The number of hydrogen-bond donors (Lipinski definition) is 0. The van der Waals surface area contributed by atoms with E-state index >= 15 is 0 Å². The highest BCUT2D eigenvalue weighted by Gasteiger charge is 2.59. The van der Waals surface area contributed by atoms with Crippen molar-refractivity contribution in [1.82, 2.24) is 9.55 Å². The minimum atomic E-state index is -0.109. The fourth-order valence-electron chi connectivity index (χ4n) is 14.8. The maximum Gasteiger partial charge on any atom is 0.137 e. The van der Waals surface area contributed by atoms with E-state index in [-0.39, 0.29) is 5.41 Å². The first-order valence-electron chi connectivity index (χ1n) is 25.2. The Morgan fingerprint density at radius 3 is 2.06 bits per heavy atom. The summed E-state index contributed by atoms with van der Waals surface area (Å²) in [6.45, 7) is 7.39. The molecule has 15 rings (SSSR count). The van der Waals surface area contributed by atoms with Crippen molar-refractivity contribution in [2.45, 2.75) is 58.3 Å². The third-order valence-electron chi connectivity index (χ3n) is 17.1. The molecule has 0 radical (unpaired) electrons. The zero-order valence-electron chi connectivity index (χ0n) is 39.9. The summed E-state index contributed by atoms with van der Waals surface area (Å²) < 4.78 is 9.51. The third kappa shape index (κ3) is 6.18. The van der Waals surface area contributed by atoms with Gasteiger partial charge in [0.15, 0.2) is 0 Å². The van der Waals surface area contributed by atoms with Gasteiger partial charge in [-0.05, 0) is 186 Å². The highest BCUT2D eigenvalue weighted by molar-refractivity contribution is 6.10. The molecule has 69 heavy (non-hydrogen) atoms. The molecule has 2 aromatic heterocycles. The second kappa shape index (κ2) is 15.3. The molecule has 4 saturated carbocycles. The summed E-state index contributed by atoms with van der Waals surface area (Å²) in [5.41, 5.74) is 14.8. The van der Waals surface area contributed by atoms with E-state index in [0.29, 0.717) is 11.8 Å². The van der Waals surface area contributed by atoms with Crippen LogP contribution >= 0.6 is 0 Å². The van der Waals surface area contributed by atoms with Crippen LogP contribution < -0.4 is 14.5 Å². The summed E-state index contributed by atoms with van der Waals surface area (Å²) in [6.07, 6.45) is 8.73. The molecule has 5 heteroatoms. The van der Waals surface area contributed by atoms with Crippen LogP contribution in [0.3, 0.4) is 0 Å². The van der Waals surface area contributed by atoms with E-state index in [1.165, 1.54) is 109 Å². The molecule has 0 amide bonds. The molecule has 10 aromatic rings. The van der Waals surface area contributed by atoms with Crippen LogP contribution in [0.2, 0.25) is 0 Å². The van der Waals surface area contributed by atoms with Gasteiger partial charge in [0.1, 0.15) is 17.3 Å². The first-order chi connectivity index (χ1) is 33.8. The fraction of sp³-hybridized carbons (Fsp3) is 0.234. The molecule has 0 unspecified atom stereocenters. The number of benzene rings is 8. The quantitative estimate of drug-likeness (QED) is 0.149. The van der Waals surface area contributed by atoms with Crippen molar-refractivity contribution in [3.63, 3.8) is 0 Å². The van der Waals surface area contributed by atoms with E-state index in [2.05, 4.69) is 212 Å². The van der Waals surface area contributed by atoms with Crippen molar-refractivity contribution in [2.75, 3.05) is 23.5 Å². The Kier molecular flexibility index (Phi) is 9.03. The summed E-state index contributed by atoms with van der Waals surface area (Å²) in [5.74, 6) is 5.40. The zero-order chi connectivity index (χ0) is 46.1. The molecular formula is C64H56N4O. The average molecular weight is 897 g/mol. The van der Waals surface area contributed by atoms with Crippen molar-refractivity contribution in [3.05, 3.63) is 198 Å². The lowest BCUT2D eigenvalue weighted by atomic mass is 9.42. The van der Waals surface area contributed by atoms with Crippen LogP contribution in [0.1, 0.15) is 59.9 Å². The molecule has 0 spiro atoms. The highest BCUT2D eigenvalue weighted by Crippen LogP contribution is 2.66. The highest BCUT2D eigenvalue weighted by atomic mass is 16.5. The van der Waals surface area contributed by atoms with Gasteiger partial charge in [0.25, 0.3) is 0 Å². The third-order valence-corrected chi connectivity index (χ3v) is 17.1. The molecular weight excluding hydrogens is 841 g/mol. The predicted octanol–water partition coefficient (Wildman–Crippen LogP) is 16.2. The number of ether oxygens (including phenoxy) is 1. The standard InChI is InChI=1S/C64H56N4O/c1-39-26-40(2)63(41(3)27-39)45-33-49(67-38-66(4)59-18-9-10-19-60(59)67)36-51(34-45)69-50-21-23-56-55-14-7-8-17-58(55)68(61(56)37-50)62-35-46(24-25-65-62)64(47-29-42-28-43(31-47)32-48(64)30-42)57-16-11-15-53-52-13-6-5-12-44(52)20-22-54(53)57/h5-27,33-37,42-43,47-48H,28-32,38H2,1-4H3. The van der Waals surface area contributed by atoms with Crippen molar-refractivity contribution < 1.29 is 4.74 Å². The molecule has 0 atom stereocenters. The molecule has 4 aliphatic carbocycles. The molecule has 3 heterocycles. The zero-order valence-corrected chi connectivity index (χ0v) is 39.9. The van der Waals surface area contributed by atoms with Crippen molar-refractivity contribution in [3.8, 4) is 28.4 Å². The second-order valence-corrected chi connectivity index (χ2v) is 21.1. The Bertz CT molecular complexity index is 3680. The average Bonchev–Trinajstić information content (AvgIpc) is 3.87. The van der Waals surface area contributed by atoms with Gasteiger partial charge >= 0.3 is 0 Å². The number of aromatic nitrogens is 2. The van der Waals surface area contributed by atoms with Crippen LogP contribution in [-0.2, 0) is 5.41 Å². The molecule has 5 aliphatic rings. The first kappa shape index (κ1) is 40.7. The minimum absolute atomic E-state index is 0.109. The van der Waals surface area contributed by atoms with E-state index in [0.717, 1.165) is 58.1 Å². The summed E-state index contributed by atoms with van der Waals surface area (Å²) in [5, 5.41) is 7.81. The van der Waals surface area contributed by atoms with Crippen LogP contribution in [0.15, 0.2) is 170 Å². The Balaban J connectivity index is 0.925. The van der Waals surface area contributed by atoms with Crippen molar-refractivity contribution in [1.29, 1.82) is 0 Å². The minimum Gasteiger partial charge on any atom is -0.457 e. The Hall–Kier alpha value is -7.37. The van der Waals surface area contributed by atoms with E-state index in [9.17, 15) is 0 Å². The number of aryl methyl sites for hydroxylation is 3. The number of fused-ring (bicyclic) bond motifs is 7. The van der Waals surface area contributed by atoms with Crippen molar-refractivity contribution in [2.24, 2.45) is 23.7 Å². The number of pyridine rings is 1. The molecule has 0 N–H and O–H groups in total. The van der Waals surface area contributed by atoms with E-state index in [4.69, 9.17) is 9.72 Å². The van der Waals surface area contributed by atoms with Gasteiger partial charge in [-0.25, -0.2) is 4.98 Å². The van der Waals surface area contributed by atoms with Gasteiger partial charge in [-0.15, -0.1) is 0 Å².